The molecular weight excluding hydrogens is 258 g/mol. The predicted molar refractivity (Wildman–Crippen MR) is 76.5 cm³/mol. The molecule has 0 heterocycles. The highest BCUT2D eigenvalue weighted by Gasteiger charge is 2.06. The zero-order valence-electron chi connectivity index (χ0n) is 11.6. The molecule has 6 heteroatoms. The molecule has 6 nitrogen and oxygen atoms in total. The Kier molecular flexibility index (Phi) is 8.02. The van der Waals surface area contributed by atoms with Crippen LogP contribution in [-0.4, -0.2) is 51.7 Å². The lowest BCUT2D eigenvalue weighted by Crippen LogP contribution is -2.39. The molecule has 0 bridgehead atoms. The molecule has 20 heavy (non-hydrogen) atoms. The van der Waals surface area contributed by atoms with Crippen LogP contribution >= 0.6 is 0 Å². The van der Waals surface area contributed by atoms with Gasteiger partial charge >= 0.3 is 0 Å². The van der Waals surface area contributed by atoms with E-state index in [1.807, 2.05) is 6.07 Å². The summed E-state index contributed by atoms with van der Waals surface area (Å²) >= 11 is 0. The van der Waals surface area contributed by atoms with Crippen LogP contribution in [0.1, 0.15) is 10.4 Å². The Morgan fingerprint density at radius 1 is 1.05 bits per heavy atom. The number of ether oxygens (including phenoxy) is 1. The van der Waals surface area contributed by atoms with E-state index in [-0.39, 0.29) is 18.4 Å². The highest BCUT2D eigenvalue weighted by molar-refractivity contribution is 5.96. The molecule has 110 valence electrons. The molecule has 0 saturated carbocycles. The maximum Gasteiger partial charge on any atom is 0.251 e. The first-order chi connectivity index (χ1) is 9.74. The molecule has 0 aliphatic rings. The van der Waals surface area contributed by atoms with Gasteiger partial charge in [-0.25, -0.2) is 0 Å². The number of hydrogen-bond acceptors (Lipinski definition) is 4. The van der Waals surface area contributed by atoms with Crippen LogP contribution in [0.3, 0.4) is 0 Å². The Morgan fingerprint density at radius 3 is 2.50 bits per heavy atom. The Hall–Kier alpha value is -1.92. The van der Waals surface area contributed by atoms with Crippen molar-refractivity contribution in [3.8, 4) is 0 Å². The van der Waals surface area contributed by atoms with Crippen LogP contribution in [-0.2, 0) is 9.53 Å². The van der Waals surface area contributed by atoms with Crippen LogP contribution in [0.15, 0.2) is 30.3 Å². The van der Waals surface area contributed by atoms with Crippen LogP contribution in [0.4, 0.5) is 0 Å². The summed E-state index contributed by atoms with van der Waals surface area (Å²) in [5, 5.41) is 8.38. The van der Waals surface area contributed by atoms with Crippen LogP contribution in [0, 0.1) is 0 Å². The Morgan fingerprint density at radius 2 is 1.80 bits per heavy atom. The van der Waals surface area contributed by atoms with Crippen LogP contribution in [0.5, 0.6) is 0 Å². The molecule has 1 rings (SSSR count). The van der Waals surface area contributed by atoms with Crippen LogP contribution in [0.25, 0.3) is 0 Å². The largest absolute Gasteiger partial charge is 0.383 e. The van der Waals surface area contributed by atoms with Crippen molar-refractivity contribution in [2.45, 2.75) is 0 Å². The second-order valence-corrected chi connectivity index (χ2v) is 4.14. The van der Waals surface area contributed by atoms with E-state index < -0.39 is 0 Å². The second kappa shape index (κ2) is 9.94. The fraction of sp³-hybridized carbons (Fsp3) is 0.429. The van der Waals surface area contributed by atoms with Crippen LogP contribution < -0.4 is 16.0 Å². The molecule has 0 aromatic heterocycles. The van der Waals surface area contributed by atoms with Gasteiger partial charge in [-0.15, -0.1) is 0 Å². The summed E-state index contributed by atoms with van der Waals surface area (Å²) in [6.45, 7) is 2.55. The van der Waals surface area contributed by atoms with Gasteiger partial charge in [-0.05, 0) is 12.1 Å². The monoisotopic (exact) mass is 279 g/mol. The number of amides is 2. The van der Waals surface area contributed by atoms with Crippen molar-refractivity contribution in [1.29, 1.82) is 0 Å². The smallest absolute Gasteiger partial charge is 0.251 e. The minimum atomic E-state index is -0.251. The summed E-state index contributed by atoms with van der Waals surface area (Å²) in [6, 6.07) is 8.79. The third kappa shape index (κ3) is 6.86. The van der Waals surface area contributed by atoms with Gasteiger partial charge in [0, 0.05) is 32.3 Å². The number of carbonyl (C=O) groups is 2. The molecule has 0 aliphatic carbocycles. The van der Waals surface area contributed by atoms with Gasteiger partial charge in [0.2, 0.25) is 5.91 Å². The molecule has 0 unspecified atom stereocenters. The molecule has 0 spiro atoms. The van der Waals surface area contributed by atoms with E-state index in [4.69, 9.17) is 4.74 Å². The Labute approximate surface area is 118 Å². The Bertz CT molecular complexity index is 409. The normalized spacial score (nSPS) is 10.1. The summed E-state index contributed by atoms with van der Waals surface area (Å²) in [4.78, 5) is 23.2. The van der Waals surface area contributed by atoms with Gasteiger partial charge < -0.3 is 20.7 Å². The van der Waals surface area contributed by atoms with E-state index in [2.05, 4.69) is 16.0 Å². The van der Waals surface area contributed by atoms with E-state index in [1.165, 1.54) is 0 Å². The minimum Gasteiger partial charge on any atom is -0.383 e. The second-order valence-electron chi connectivity index (χ2n) is 4.14. The van der Waals surface area contributed by atoms with Gasteiger partial charge in [-0.3, -0.25) is 9.59 Å². The van der Waals surface area contributed by atoms with E-state index in [0.29, 0.717) is 25.3 Å². The van der Waals surface area contributed by atoms with Gasteiger partial charge in [0.25, 0.3) is 5.91 Å². The van der Waals surface area contributed by atoms with Crippen molar-refractivity contribution in [2.24, 2.45) is 0 Å². The highest BCUT2D eigenvalue weighted by Crippen LogP contribution is 1.96. The molecule has 0 aliphatic heterocycles. The number of rotatable bonds is 9. The van der Waals surface area contributed by atoms with Crippen molar-refractivity contribution >= 4 is 11.8 Å². The van der Waals surface area contributed by atoms with Gasteiger partial charge in [0.15, 0.2) is 0 Å². The van der Waals surface area contributed by atoms with Crippen molar-refractivity contribution in [1.82, 2.24) is 16.0 Å². The van der Waals surface area contributed by atoms with Crippen molar-refractivity contribution in [2.75, 3.05) is 39.9 Å². The molecule has 3 N–H and O–H groups in total. The first-order valence-electron chi connectivity index (χ1n) is 6.53. The third-order valence-corrected chi connectivity index (χ3v) is 2.55. The zero-order chi connectivity index (χ0) is 14.6. The number of carbonyl (C=O) groups excluding carboxylic acids is 2. The molecule has 0 radical (unpaired) electrons. The molecule has 2 amide bonds. The fourth-order valence-corrected chi connectivity index (χ4v) is 1.50. The quantitative estimate of drug-likeness (QED) is 0.546. The lowest BCUT2D eigenvalue weighted by atomic mass is 10.2. The predicted octanol–water partition coefficient (Wildman–Crippen LogP) is -0.231. The summed E-state index contributed by atoms with van der Waals surface area (Å²) in [5.74, 6) is -0.457. The summed E-state index contributed by atoms with van der Waals surface area (Å²) in [6.07, 6.45) is 0. The number of methoxy groups -OCH3 is 1. The molecule has 0 atom stereocenters. The third-order valence-electron chi connectivity index (χ3n) is 2.55. The summed E-state index contributed by atoms with van der Waals surface area (Å²) in [7, 11) is 1.64. The van der Waals surface area contributed by atoms with E-state index >= 15 is 0 Å². The molecule has 0 saturated heterocycles. The lowest BCUT2D eigenvalue weighted by molar-refractivity contribution is -0.120. The number of nitrogens with one attached hydrogen (secondary N) is 3. The SMILES string of the molecule is COCCNCCNC(=O)CNC(=O)c1ccccc1. The van der Waals surface area contributed by atoms with Gasteiger partial charge in [-0.1, -0.05) is 18.2 Å². The van der Waals surface area contributed by atoms with Crippen molar-refractivity contribution in [3.05, 3.63) is 35.9 Å². The standard InChI is InChI=1S/C14H21N3O3/c1-20-10-9-15-7-8-16-13(18)11-17-14(19)12-5-3-2-4-6-12/h2-6,15H,7-11H2,1H3,(H,16,18)(H,17,19). The fourth-order valence-electron chi connectivity index (χ4n) is 1.50. The molecule has 1 aromatic carbocycles. The van der Waals surface area contributed by atoms with E-state index in [0.717, 1.165) is 6.54 Å². The zero-order valence-corrected chi connectivity index (χ0v) is 11.6. The Balaban J connectivity index is 2.09. The highest BCUT2D eigenvalue weighted by atomic mass is 16.5. The number of benzene rings is 1. The van der Waals surface area contributed by atoms with E-state index in [1.54, 1.807) is 31.4 Å². The van der Waals surface area contributed by atoms with Crippen molar-refractivity contribution < 1.29 is 14.3 Å². The van der Waals surface area contributed by atoms with Gasteiger partial charge in [0.05, 0.1) is 13.2 Å². The summed E-state index contributed by atoms with van der Waals surface area (Å²) < 4.78 is 4.88. The molecule has 0 fully saturated rings. The van der Waals surface area contributed by atoms with Crippen LogP contribution in [0.2, 0.25) is 0 Å². The molecule has 1 aromatic rings. The molecular formula is C14H21N3O3. The van der Waals surface area contributed by atoms with Gasteiger partial charge in [0.1, 0.15) is 0 Å². The average molecular weight is 279 g/mol. The first-order valence-corrected chi connectivity index (χ1v) is 6.53. The number of hydrogen-bond donors (Lipinski definition) is 3. The maximum atomic E-state index is 11.7. The van der Waals surface area contributed by atoms with E-state index in [9.17, 15) is 9.59 Å². The van der Waals surface area contributed by atoms with Gasteiger partial charge in [-0.2, -0.15) is 0 Å². The summed E-state index contributed by atoms with van der Waals surface area (Å²) in [5.41, 5.74) is 0.543. The lowest BCUT2D eigenvalue weighted by Gasteiger charge is -2.07. The topological polar surface area (TPSA) is 79.5 Å². The minimum absolute atomic E-state index is 0.0220. The maximum absolute atomic E-state index is 11.7. The average Bonchev–Trinajstić information content (AvgIpc) is 2.49. The first kappa shape index (κ1) is 16.1. The van der Waals surface area contributed by atoms with Crippen molar-refractivity contribution in [3.63, 3.8) is 0 Å².